The number of nitrogens with zero attached hydrogens (tertiary/aromatic N) is 1. The van der Waals surface area contributed by atoms with E-state index >= 15 is 0 Å². The Hall–Kier alpha value is -1.31. The van der Waals surface area contributed by atoms with Gasteiger partial charge in [-0.2, -0.15) is 0 Å². The molecule has 2 N–H and O–H groups in total. The van der Waals surface area contributed by atoms with Crippen LogP contribution < -0.4 is 10.6 Å². The highest BCUT2D eigenvalue weighted by Crippen LogP contribution is 2.14. The van der Waals surface area contributed by atoms with Gasteiger partial charge < -0.3 is 15.4 Å². The average Bonchev–Trinajstić information content (AvgIpc) is 2.58. The van der Waals surface area contributed by atoms with Crippen molar-refractivity contribution in [1.29, 1.82) is 0 Å². The highest BCUT2D eigenvalue weighted by atomic mass is 127. The number of rotatable bonds is 6. The number of aliphatic imine (C=N–C) groups is 1. The zero-order chi connectivity index (χ0) is 16.5. The molecule has 0 bridgehead atoms. The normalized spacial score (nSPS) is 10.9. The second-order valence-electron chi connectivity index (χ2n) is 5.12. The predicted octanol–water partition coefficient (Wildman–Crippen LogP) is 3.97. The lowest BCUT2D eigenvalue weighted by Gasteiger charge is -2.13. The molecule has 0 saturated carbocycles. The van der Waals surface area contributed by atoms with Gasteiger partial charge in [-0.25, -0.2) is 0 Å². The monoisotopic (exact) mass is 459 g/mol. The van der Waals surface area contributed by atoms with Crippen LogP contribution in [-0.4, -0.2) is 20.1 Å². The molecule has 0 heterocycles. The van der Waals surface area contributed by atoms with Gasteiger partial charge in [-0.3, -0.25) is 4.99 Å². The second-order valence-corrected chi connectivity index (χ2v) is 5.53. The Morgan fingerprint density at radius 1 is 1.00 bits per heavy atom. The molecule has 2 rings (SSSR count). The summed E-state index contributed by atoms with van der Waals surface area (Å²) in [6.07, 6.45) is 0. The summed E-state index contributed by atoms with van der Waals surface area (Å²) in [5, 5.41) is 7.31. The third-order valence-electron chi connectivity index (χ3n) is 3.42. The Kier molecular flexibility index (Phi) is 9.75. The fraction of sp³-hybridized carbons (Fsp3) is 0.278. The van der Waals surface area contributed by atoms with Crippen molar-refractivity contribution in [2.45, 2.75) is 19.7 Å². The van der Waals surface area contributed by atoms with Crippen LogP contribution in [-0.2, 0) is 24.4 Å². The second kappa shape index (κ2) is 11.3. The molecule has 130 valence electrons. The summed E-state index contributed by atoms with van der Waals surface area (Å²) in [4.78, 5) is 4.23. The van der Waals surface area contributed by atoms with Crippen LogP contribution in [0.2, 0.25) is 5.02 Å². The van der Waals surface area contributed by atoms with Crippen molar-refractivity contribution in [2.24, 2.45) is 4.99 Å². The van der Waals surface area contributed by atoms with Gasteiger partial charge >= 0.3 is 0 Å². The lowest BCUT2D eigenvalue weighted by atomic mass is 10.1. The van der Waals surface area contributed by atoms with Crippen molar-refractivity contribution in [2.75, 3.05) is 14.2 Å². The van der Waals surface area contributed by atoms with Gasteiger partial charge in [0.05, 0.1) is 6.61 Å². The molecule has 0 atom stereocenters. The topological polar surface area (TPSA) is 45.7 Å². The number of hydrogen-bond acceptors (Lipinski definition) is 2. The lowest BCUT2D eigenvalue weighted by Crippen LogP contribution is -2.36. The predicted molar refractivity (Wildman–Crippen MR) is 111 cm³/mol. The number of nitrogens with one attached hydrogen (secondary N) is 2. The van der Waals surface area contributed by atoms with E-state index in [0.29, 0.717) is 19.7 Å². The van der Waals surface area contributed by atoms with Crippen LogP contribution in [0.4, 0.5) is 0 Å². The summed E-state index contributed by atoms with van der Waals surface area (Å²) in [6, 6.07) is 16.1. The zero-order valence-corrected chi connectivity index (χ0v) is 17.0. The van der Waals surface area contributed by atoms with Gasteiger partial charge in [0.1, 0.15) is 0 Å². The lowest BCUT2D eigenvalue weighted by molar-refractivity contribution is 0.185. The maximum atomic E-state index is 6.15. The molecule has 0 amide bonds. The van der Waals surface area contributed by atoms with Crippen LogP contribution >= 0.6 is 35.6 Å². The number of ether oxygens (including phenoxy) is 1. The fourth-order valence-electron chi connectivity index (χ4n) is 2.15. The molecule has 0 fully saturated rings. The van der Waals surface area contributed by atoms with Crippen LogP contribution in [0.5, 0.6) is 0 Å². The number of guanidine groups is 1. The molecular weight excluding hydrogens is 437 g/mol. The number of halogens is 2. The molecule has 24 heavy (non-hydrogen) atoms. The summed E-state index contributed by atoms with van der Waals surface area (Å²) in [7, 11) is 3.45. The van der Waals surface area contributed by atoms with Gasteiger partial charge in [0.2, 0.25) is 0 Å². The summed E-state index contributed by atoms with van der Waals surface area (Å²) in [6.45, 7) is 1.97. The molecule has 0 unspecified atom stereocenters. The Morgan fingerprint density at radius 3 is 2.25 bits per heavy atom. The minimum Gasteiger partial charge on any atom is -0.380 e. The first kappa shape index (κ1) is 20.7. The summed E-state index contributed by atoms with van der Waals surface area (Å²) < 4.78 is 5.11. The fourth-order valence-corrected chi connectivity index (χ4v) is 2.35. The molecule has 2 aromatic carbocycles. The first-order valence-electron chi connectivity index (χ1n) is 7.47. The Bertz CT molecular complexity index is 647. The molecule has 2 aromatic rings. The smallest absolute Gasteiger partial charge is 0.191 e. The van der Waals surface area contributed by atoms with E-state index in [9.17, 15) is 0 Å². The van der Waals surface area contributed by atoms with E-state index in [-0.39, 0.29) is 24.0 Å². The third kappa shape index (κ3) is 6.67. The van der Waals surface area contributed by atoms with Crippen LogP contribution in [0, 0.1) is 0 Å². The number of methoxy groups -OCH3 is 1. The molecule has 0 saturated heterocycles. The van der Waals surface area contributed by atoms with Gasteiger partial charge in [-0.05, 0) is 22.8 Å². The van der Waals surface area contributed by atoms with E-state index in [4.69, 9.17) is 16.3 Å². The maximum absolute atomic E-state index is 6.15. The third-order valence-corrected chi connectivity index (χ3v) is 3.79. The molecule has 0 spiro atoms. The summed E-state index contributed by atoms with van der Waals surface area (Å²) >= 11 is 6.15. The number of benzene rings is 2. The van der Waals surface area contributed by atoms with Gasteiger partial charge in [0.25, 0.3) is 0 Å². The minimum atomic E-state index is 0. The van der Waals surface area contributed by atoms with Crippen molar-refractivity contribution in [1.82, 2.24) is 10.6 Å². The first-order valence-corrected chi connectivity index (χ1v) is 7.85. The van der Waals surface area contributed by atoms with E-state index in [2.05, 4.69) is 39.9 Å². The Balaban J connectivity index is 0.00000288. The van der Waals surface area contributed by atoms with Gasteiger partial charge in [0.15, 0.2) is 5.96 Å². The van der Waals surface area contributed by atoms with Crippen molar-refractivity contribution in [3.63, 3.8) is 0 Å². The molecule has 0 aromatic heterocycles. The Morgan fingerprint density at radius 2 is 1.62 bits per heavy atom. The largest absolute Gasteiger partial charge is 0.380 e. The van der Waals surface area contributed by atoms with Crippen molar-refractivity contribution in [3.05, 3.63) is 70.2 Å². The highest BCUT2D eigenvalue weighted by molar-refractivity contribution is 14.0. The van der Waals surface area contributed by atoms with Crippen LogP contribution in [0.25, 0.3) is 0 Å². The highest BCUT2D eigenvalue weighted by Gasteiger charge is 2.02. The Labute approximate surface area is 165 Å². The summed E-state index contributed by atoms with van der Waals surface area (Å²) in [5.74, 6) is 0.742. The summed E-state index contributed by atoms with van der Waals surface area (Å²) in [5.41, 5.74) is 3.39. The molecule has 0 aliphatic rings. The van der Waals surface area contributed by atoms with Crippen molar-refractivity contribution in [3.8, 4) is 0 Å². The molecule has 6 heteroatoms. The minimum absolute atomic E-state index is 0. The van der Waals surface area contributed by atoms with Crippen LogP contribution in [0.15, 0.2) is 53.5 Å². The SMILES string of the molecule is CN=C(NCc1ccc(COC)cc1)NCc1ccccc1Cl.I. The maximum Gasteiger partial charge on any atom is 0.191 e. The standard InChI is InChI=1S/C18H22ClN3O.HI/c1-20-18(22-12-16-5-3-4-6-17(16)19)21-11-14-7-9-15(10-8-14)13-23-2;/h3-10H,11-13H2,1-2H3,(H2,20,21,22);1H. The van der Waals surface area contributed by atoms with E-state index in [1.54, 1.807) is 14.2 Å². The van der Waals surface area contributed by atoms with Gasteiger partial charge in [0, 0.05) is 32.3 Å². The molecular formula is C18H23ClIN3O. The van der Waals surface area contributed by atoms with Gasteiger partial charge in [-0.1, -0.05) is 54.1 Å². The quantitative estimate of drug-likeness (QED) is 0.390. The molecule has 0 aliphatic carbocycles. The molecule has 0 aliphatic heterocycles. The van der Waals surface area contributed by atoms with E-state index in [1.165, 1.54) is 5.56 Å². The van der Waals surface area contributed by atoms with Crippen molar-refractivity contribution < 1.29 is 4.74 Å². The van der Waals surface area contributed by atoms with Crippen molar-refractivity contribution >= 4 is 41.5 Å². The van der Waals surface area contributed by atoms with Crippen LogP contribution in [0.3, 0.4) is 0 Å². The first-order chi connectivity index (χ1) is 11.2. The molecule has 0 radical (unpaired) electrons. The van der Waals surface area contributed by atoms with E-state index in [0.717, 1.165) is 22.1 Å². The van der Waals surface area contributed by atoms with E-state index in [1.807, 2.05) is 24.3 Å². The van der Waals surface area contributed by atoms with Crippen LogP contribution in [0.1, 0.15) is 16.7 Å². The van der Waals surface area contributed by atoms with Gasteiger partial charge in [-0.15, -0.1) is 24.0 Å². The average molecular weight is 460 g/mol. The zero-order valence-electron chi connectivity index (χ0n) is 13.9. The molecule has 4 nitrogen and oxygen atoms in total. The van der Waals surface area contributed by atoms with E-state index < -0.39 is 0 Å². The number of hydrogen-bond donors (Lipinski definition) is 2.